The van der Waals surface area contributed by atoms with Crippen molar-refractivity contribution in [2.24, 2.45) is 0 Å². The highest BCUT2D eigenvalue weighted by molar-refractivity contribution is 7.91. The van der Waals surface area contributed by atoms with E-state index in [2.05, 4.69) is 9.88 Å². The number of aromatic nitrogens is 1. The van der Waals surface area contributed by atoms with E-state index in [-0.39, 0.29) is 16.7 Å². The van der Waals surface area contributed by atoms with Gasteiger partial charge in [-0.3, -0.25) is 14.7 Å². The van der Waals surface area contributed by atoms with Crippen LogP contribution in [-0.4, -0.2) is 73.2 Å². The van der Waals surface area contributed by atoms with Crippen molar-refractivity contribution in [1.82, 2.24) is 19.1 Å². The first-order chi connectivity index (χ1) is 12.5. The van der Waals surface area contributed by atoms with E-state index >= 15 is 0 Å². The predicted octanol–water partition coefficient (Wildman–Crippen LogP) is 1.11. The molecule has 0 bridgehead atoms. The van der Waals surface area contributed by atoms with Gasteiger partial charge in [-0.2, -0.15) is 4.31 Å². The molecule has 2 aromatic heterocycles. The van der Waals surface area contributed by atoms with E-state index in [0.29, 0.717) is 13.1 Å². The molecule has 0 unspecified atom stereocenters. The van der Waals surface area contributed by atoms with Crippen LogP contribution >= 0.6 is 11.3 Å². The molecule has 0 radical (unpaired) electrons. The third-order valence-electron chi connectivity index (χ3n) is 4.35. The zero-order valence-corrected chi connectivity index (χ0v) is 16.2. The molecule has 9 heteroatoms. The van der Waals surface area contributed by atoms with E-state index in [9.17, 15) is 13.2 Å². The number of carbonyl (C=O) groups is 1. The molecule has 0 saturated carbocycles. The Hall–Kier alpha value is -1.81. The number of rotatable bonds is 6. The lowest BCUT2D eigenvalue weighted by molar-refractivity contribution is -0.133. The number of amides is 1. The highest BCUT2D eigenvalue weighted by Crippen LogP contribution is 2.19. The molecule has 1 aliphatic rings. The van der Waals surface area contributed by atoms with E-state index in [4.69, 9.17) is 0 Å². The first-order valence-corrected chi connectivity index (χ1v) is 10.7. The van der Waals surface area contributed by atoms with Gasteiger partial charge in [-0.1, -0.05) is 12.1 Å². The third-order valence-corrected chi connectivity index (χ3v) is 7.53. The van der Waals surface area contributed by atoms with Gasteiger partial charge in [0, 0.05) is 46.0 Å². The molecular weight excluding hydrogens is 372 g/mol. The van der Waals surface area contributed by atoms with Crippen LogP contribution in [0.1, 0.15) is 5.69 Å². The Morgan fingerprint density at radius 2 is 1.96 bits per heavy atom. The minimum atomic E-state index is -3.60. The van der Waals surface area contributed by atoms with Crippen molar-refractivity contribution in [3.63, 3.8) is 0 Å². The number of piperazine rings is 1. The third kappa shape index (κ3) is 4.47. The molecule has 3 heterocycles. The summed E-state index contributed by atoms with van der Waals surface area (Å²) in [5, 5.41) is 1.71. The molecule has 0 aromatic carbocycles. The van der Waals surface area contributed by atoms with E-state index in [0.717, 1.165) is 41.0 Å². The first kappa shape index (κ1) is 19.0. The van der Waals surface area contributed by atoms with Crippen LogP contribution in [0.2, 0.25) is 0 Å². The van der Waals surface area contributed by atoms with Crippen LogP contribution < -0.4 is 0 Å². The molecule has 140 valence electrons. The summed E-state index contributed by atoms with van der Waals surface area (Å²) in [5.74, 6) is -0.162. The van der Waals surface area contributed by atoms with E-state index in [1.54, 1.807) is 28.6 Å². The van der Waals surface area contributed by atoms with Crippen LogP contribution in [-0.2, 0) is 21.4 Å². The highest BCUT2D eigenvalue weighted by atomic mass is 32.2. The van der Waals surface area contributed by atoms with Gasteiger partial charge in [-0.05, 0) is 23.6 Å². The van der Waals surface area contributed by atoms with Crippen molar-refractivity contribution in [3.8, 4) is 0 Å². The number of nitrogens with zero attached hydrogens (tertiary/aromatic N) is 4. The van der Waals surface area contributed by atoms with Crippen LogP contribution in [0.4, 0.5) is 0 Å². The van der Waals surface area contributed by atoms with Gasteiger partial charge in [0.1, 0.15) is 4.21 Å². The average molecular weight is 395 g/mol. The van der Waals surface area contributed by atoms with Gasteiger partial charge in [0.05, 0.1) is 12.2 Å². The molecule has 1 saturated heterocycles. The minimum absolute atomic E-state index is 0.138. The Morgan fingerprint density at radius 3 is 2.58 bits per heavy atom. The molecule has 3 rings (SSSR count). The van der Waals surface area contributed by atoms with Gasteiger partial charge in [-0.15, -0.1) is 11.3 Å². The summed E-state index contributed by atoms with van der Waals surface area (Å²) < 4.78 is 26.2. The molecular formula is C17H22N4O3S2. The quantitative estimate of drug-likeness (QED) is 0.734. The van der Waals surface area contributed by atoms with Crippen molar-refractivity contribution >= 4 is 27.3 Å². The SMILES string of the molecule is CN(CC(=O)N1CCN(Cc2ccccn2)CC1)S(=O)(=O)c1cccs1. The number of pyridine rings is 1. The predicted molar refractivity (Wildman–Crippen MR) is 100 cm³/mol. The Bertz CT molecular complexity index is 817. The Kier molecular flexibility index (Phi) is 6.02. The topological polar surface area (TPSA) is 73.8 Å². The fraction of sp³-hybridized carbons (Fsp3) is 0.412. The monoisotopic (exact) mass is 394 g/mol. The van der Waals surface area contributed by atoms with Crippen LogP contribution in [0.3, 0.4) is 0 Å². The molecule has 0 N–H and O–H groups in total. The molecule has 1 amide bonds. The molecule has 1 aliphatic heterocycles. The lowest BCUT2D eigenvalue weighted by Gasteiger charge is -2.35. The Labute approximate surface area is 157 Å². The van der Waals surface area contributed by atoms with Gasteiger partial charge in [0.15, 0.2) is 0 Å². The molecule has 1 fully saturated rings. The molecule has 0 spiro atoms. The van der Waals surface area contributed by atoms with Crippen LogP contribution in [0, 0.1) is 0 Å². The second kappa shape index (κ2) is 8.26. The molecule has 0 aliphatic carbocycles. The molecule has 26 heavy (non-hydrogen) atoms. The fourth-order valence-corrected chi connectivity index (χ4v) is 5.14. The number of hydrogen-bond acceptors (Lipinski definition) is 6. The van der Waals surface area contributed by atoms with Crippen molar-refractivity contribution in [1.29, 1.82) is 0 Å². The lowest BCUT2D eigenvalue weighted by atomic mass is 10.2. The zero-order chi connectivity index (χ0) is 18.6. The van der Waals surface area contributed by atoms with Crippen LogP contribution in [0.5, 0.6) is 0 Å². The Balaban J connectivity index is 1.51. The fourth-order valence-electron chi connectivity index (χ4n) is 2.82. The van der Waals surface area contributed by atoms with Gasteiger partial charge in [0.25, 0.3) is 10.0 Å². The first-order valence-electron chi connectivity index (χ1n) is 8.37. The maximum Gasteiger partial charge on any atom is 0.252 e. The largest absolute Gasteiger partial charge is 0.339 e. The summed E-state index contributed by atoms with van der Waals surface area (Å²) in [6.45, 7) is 3.32. The Morgan fingerprint density at radius 1 is 1.19 bits per heavy atom. The van der Waals surface area contributed by atoms with Crippen molar-refractivity contribution in [2.45, 2.75) is 10.8 Å². The van der Waals surface area contributed by atoms with E-state index in [1.807, 2.05) is 18.2 Å². The molecule has 7 nitrogen and oxygen atoms in total. The molecule has 2 aromatic rings. The zero-order valence-electron chi connectivity index (χ0n) is 14.6. The summed E-state index contributed by atoms with van der Waals surface area (Å²) in [7, 11) is -2.15. The number of thiophene rings is 1. The summed E-state index contributed by atoms with van der Waals surface area (Å²) in [6, 6.07) is 9.08. The summed E-state index contributed by atoms with van der Waals surface area (Å²) in [5.41, 5.74) is 1.01. The number of likely N-dealkylation sites (N-methyl/N-ethyl adjacent to an activating group) is 1. The second-order valence-electron chi connectivity index (χ2n) is 6.17. The normalized spacial score (nSPS) is 16.2. The number of carbonyl (C=O) groups excluding carboxylic acids is 1. The minimum Gasteiger partial charge on any atom is -0.339 e. The lowest BCUT2D eigenvalue weighted by Crippen LogP contribution is -2.51. The van der Waals surface area contributed by atoms with Gasteiger partial charge < -0.3 is 4.90 Å². The van der Waals surface area contributed by atoms with Gasteiger partial charge >= 0.3 is 0 Å². The van der Waals surface area contributed by atoms with Crippen LogP contribution in [0.25, 0.3) is 0 Å². The van der Waals surface area contributed by atoms with Crippen LogP contribution in [0.15, 0.2) is 46.1 Å². The number of sulfonamides is 1. The summed E-state index contributed by atoms with van der Waals surface area (Å²) in [6.07, 6.45) is 1.78. The van der Waals surface area contributed by atoms with Crippen molar-refractivity contribution < 1.29 is 13.2 Å². The van der Waals surface area contributed by atoms with Crippen molar-refractivity contribution in [2.75, 3.05) is 39.8 Å². The smallest absolute Gasteiger partial charge is 0.252 e. The standard InChI is InChI=1S/C17H22N4O3S2/c1-19(26(23,24)17-6-4-12-25-17)14-16(22)21-10-8-20(9-11-21)13-15-5-2-3-7-18-15/h2-7,12H,8-11,13-14H2,1H3. The number of hydrogen-bond donors (Lipinski definition) is 0. The second-order valence-corrected chi connectivity index (χ2v) is 9.39. The summed E-state index contributed by atoms with van der Waals surface area (Å²) >= 11 is 1.15. The van der Waals surface area contributed by atoms with E-state index < -0.39 is 10.0 Å². The van der Waals surface area contributed by atoms with Crippen molar-refractivity contribution in [3.05, 3.63) is 47.6 Å². The van der Waals surface area contributed by atoms with E-state index in [1.165, 1.54) is 7.05 Å². The highest BCUT2D eigenvalue weighted by Gasteiger charge is 2.27. The van der Waals surface area contributed by atoms with Gasteiger partial charge in [-0.25, -0.2) is 8.42 Å². The maximum atomic E-state index is 12.5. The average Bonchev–Trinajstić information content (AvgIpc) is 3.18. The maximum absolute atomic E-state index is 12.5. The molecule has 0 atom stereocenters. The van der Waals surface area contributed by atoms with Gasteiger partial charge in [0.2, 0.25) is 5.91 Å². The summed E-state index contributed by atoms with van der Waals surface area (Å²) in [4.78, 5) is 20.8.